The number of nitrogens with zero attached hydrogens (tertiary/aromatic N) is 2. The maximum atomic E-state index is 13.7. The summed E-state index contributed by atoms with van der Waals surface area (Å²) in [6.45, 7) is -0.117. The van der Waals surface area contributed by atoms with Gasteiger partial charge in [-0.05, 0) is 12.1 Å². The lowest BCUT2D eigenvalue weighted by Crippen LogP contribution is -2.35. The van der Waals surface area contributed by atoms with Crippen molar-refractivity contribution in [2.45, 2.75) is 0 Å². The first-order chi connectivity index (χ1) is 10.2. The topological polar surface area (TPSA) is 73.7 Å². The van der Waals surface area contributed by atoms with Crippen molar-refractivity contribution >= 4 is 17.2 Å². The van der Waals surface area contributed by atoms with Gasteiger partial charge in [-0.15, -0.1) is 11.3 Å². The molecule has 0 spiro atoms. The van der Waals surface area contributed by atoms with Crippen LogP contribution < -0.4 is 0 Å². The Bertz CT molecular complexity index is 612. The molecular formula is C14H15FN2O3S. The van der Waals surface area contributed by atoms with Gasteiger partial charge < -0.3 is 15.1 Å². The van der Waals surface area contributed by atoms with Gasteiger partial charge in [0, 0.05) is 18.7 Å². The SMILES string of the molecule is O=C(c1cnc(-c2ccccc2F)s1)N(CCO)CCO. The van der Waals surface area contributed by atoms with E-state index in [9.17, 15) is 9.18 Å². The molecule has 1 heterocycles. The predicted octanol–water partition coefficient (Wildman–Crippen LogP) is 1.38. The van der Waals surface area contributed by atoms with Crippen LogP contribution in [0, 0.1) is 5.82 Å². The minimum Gasteiger partial charge on any atom is -0.395 e. The number of carbonyl (C=O) groups excluding carboxylic acids is 1. The summed E-state index contributed by atoms with van der Waals surface area (Å²) in [7, 11) is 0. The second-order valence-electron chi connectivity index (χ2n) is 4.25. The highest BCUT2D eigenvalue weighted by molar-refractivity contribution is 7.16. The Kier molecular flexibility index (Phi) is 5.38. The normalized spacial score (nSPS) is 10.6. The zero-order valence-corrected chi connectivity index (χ0v) is 12.0. The van der Waals surface area contributed by atoms with Crippen molar-refractivity contribution in [2.75, 3.05) is 26.3 Å². The maximum absolute atomic E-state index is 13.7. The number of hydrogen-bond donors (Lipinski definition) is 2. The van der Waals surface area contributed by atoms with Crippen LogP contribution >= 0.6 is 11.3 Å². The van der Waals surface area contributed by atoms with E-state index in [0.29, 0.717) is 15.4 Å². The molecule has 0 saturated heterocycles. The molecule has 0 fully saturated rings. The fourth-order valence-corrected chi connectivity index (χ4v) is 2.76. The number of thiazole rings is 1. The van der Waals surface area contributed by atoms with E-state index >= 15 is 0 Å². The predicted molar refractivity (Wildman–Crippen MR) is 77.6 cm³/mol. The summed E-state index contributed by atoms with van der Waals surface area (Å²) in [4.78, 5) is 18.0. The molecule has 0 aliphatic carbocycles. The minimum atomic E-state index is -0.395. The average molecular weight is 310 g/mol. The molecule has 1 aromatic heterocycles. The van der Waals surface area contributed by atoms with Crippen molar-refractivity contribution in [3.8, 4) is 10.6 Å². The number of rotatable bonds is 6. The van der Waals surface area contributed by atoms with Crippen molar-refractivity contribution in [3.05, 3.63) is 41.2 Å². The van der Waals surface area contributed by atoms with Crippen LogP contribution in [0.2, 0.25) is 0 Å². The zero-order chi connectivity index (χ0) is 15.2. The summed E-state index contributed by atoms with van der Waals surface area (Å²) in [5, 5.41) is 18.3. The van der Waals surface area contributed by atoms with Crippen molar-refractivity contribution < 1.29 is 19.4 Å². The fourth-order valence-electron chi connectivity index (χ4n) is 1.84. The molecule has 0 aliphatic heterocycles. The molecule has 0 atom stereocenters. The van der Waals surface area contributed by atoms with Gasteiger partial charge in [0.25, 0.3) is 5.91 Å². The molecule has 0 unspecified atom stereocenters. The lowest BCUT2D eigenvalue weighted by atomic mass is 10.2. The zero-order valence-electron chi connectivity index (χ0n) is 11.2. The van der Waals surface area contributed by atoms with E-state index in [0.717, 1.165) is 11.3 Å². The lowest BCUT2D eigenvalue weighted by molar-refractivity contribution is 0.0689. The van der Waals surface area contributed by atoms with Gasteiger partial charge in [0.05, 0.1) is 19.4 Å². The van der Waals surface area contributed by atoms with E-state index in [-0.39, 0.29) is 32.2 Å². The highest BCUT2D eigenvalue weighted by atomic mass is 32.1. The Balaban J connectivity index is 2.23. The number of benzene rings is 1. The lowest BCUT2D eigenvalue weighted by Gasteiger charge is -2.19. The number of amides is 1. The number of hydrogen-bond acceptors (Lipinski definition) is 5. The molecule has 2 aromatic rings. The molecule has 5 nitrogen and oxygen atoms in total. The maximum Gasteiger partial charge on any atom is 0.265 e. The second kappa shape index (κ2) is 7.26. The molecule has 0 bridgehead atoms. The number of aromatic nitrogens is 1. The first-order valence-electron chi connectivity index (χ1n) is 6.39. The summed E-state index contributed by atoms with van der Waals surface area (Å²) in [5.74, 6) is -0.730. The monoisotopic (exact) mass is 310 g/mol. The van der Waals surface area contributed by atoms with Crippen LogP contribution in [0.3, 0.4) is 0 Å². The molecule has 2 N–H and O–H groups in total. The van der Waals surface area contributed by atoms with Gasteiger partial charge in [-0.2, -0.15) is 0 Å². The van der Waals surface area contributed by atoms with E-state index in [2.05, 4.69) is 4.98 Å². The molecule has 112 valence electrons. The quantitative estimate of drug-likeness (QED) is 0.845. The fraction of sp³-hybridized carbons (Fsp3) is 0.286. The van der Waals surface area contributed by atoms with Crippen molar-refractivity contribution in [1.29, 1.82) is 0 Å². The first-order valence-corrected chi connectivity index (χ1v) is 7.20. The van der Waals surface area contributed by atoms with Crippen molar-refractivity contribution in [1.82, 2.24) is 9.88 Å². The molecular weight excluding hydrogens is 295 g/mol. The van der Waals surface area contributed by atoms with Crippen LogP contribution in [0.1, 0.15) is 9.67 Å². The van der Waals surface area contributed by atoms with Gasteiger partial charge >= 0.3 is 0 Å². The van der Waals surface area contributed by atoms with Gasteiger partial charge in [-0.25, -0.2) is 9.37 Å². The van der Waals surface area contributed by atoms with Crippen LogP contribution in [0.15, 0.2) is 30.5 Å². The summed E-state index contributed by atoms with van der Waals surface area (Å²) >= 11 is 1.08. The standard InChI is InChI=1S/C14H15FN2O3S/c15-11-4-2-1-3-10(11)13-16-9-12(21-13)14(20)17(5-7-18)6-8-19/h1-4,9,18-19H,5-8H2. The summed E-state index contributed by atoms with van der Waals surface area (Å²) < 4.78 is 13.7. The van der Waals surface area contributed by atoms with Crippen LogP contribution in [0.5, 0.6) is 0 Å². The highest BCUT2D eigenvalue weighted by Gasteiger charge is 2.19. The molecule has 2 rings (SSSR count). The smallest absolute Gasteiger partial charge is 0.265 e. The number of aliphatic hydroxyl groups is 2. The number of carbonyl (C=O) groups is 1. The third-order valence-corrected chi connectivity index (χ3v) is 3.87. The first kappa shape index (κ1) is 15.6. The Morgan fingerprint density at radius 3 is 2.52 bits per heavy atom. The minimum absolute atomic E-state index is 0.131. The summed E-state index contributed by atoms with van der Waals surface area (Å²) in [6, 6.07) is 6.22. The van der Waals surface area contributed by atoms with Crippen LogP contribution in [-0.2, 0) is 0 Å². The Hall–Kier alpha value is -1.83. The number of aliphatic hydroxyl groups excluding tert-OH is 2. The molecule has 0 saturated carbocycles. The molecule has 0 aliphatic rings. The Morgan fingerprint density at radius 2 is 1.90 bits per heavy atom. The molecule has 1 aromatic carbocycles. The van der Waals surface area contributed by atoms with Crippen LogP contribution in [-0.4, -0.2) is 52.3 Å². The van der Waals surface area contributed by atoms with Gasteiger partial charge in [0.1, 0.15) is 15.7 Å². The van der Waals surface area contributed by atoms with Crippen molar-refractivity contribution in [2.24, 2.45) is 0 Å². The van der Waals surface area contributed by atoms with Crippen LogP contribution in [0.4, 0.5) is 4.39 Å². The van der Waals surface area contributed by atoms with Gasteiger partial charge in [-0.1, -0.05) is 12.1 Å². The van der Waals surface area contributed by atoms with Crippen LogP contribution in [0.25, 0.3) is 10.6 Å². The third-order valence-electron chi connectivity index (χ3n) is 2.85. The van der Waals surface area contributed by atoms with E-state index in [1.165, 1.54) is 17.2 Å². The van der Waals surface area contributed by atoms with Gasteiger partial charge in [-0.3, -0.25) is 4.79 Å². The third kappa shape index (κ3) is 3.63. The molecule has 7 heteroatoms. The highest BCUT2D eigenvalue weighted by Crippen LogP contribution is 2.27. The molecule has 1 amide bonds. The van der Waals surface area contributed by atoms with E-state index in [1.54, 1.807) is 18.2 Å². The average Bonchev–Trinajstić information content (AvgIpc) is 2.96. The molecule has 0 radical (unpaired) electrons. The van der Waals surface area contributed by atoms with E-state index in [1.807, 2.05) is 0 Å². The Morgan fingerprint density at radius 1 is 1.24 bits per heavy atom. The van der Waals surface area contributed by atoms with Crippen molar-refractivity contribution in [3.63, 3.8) is 0 Å². The van der Waals surface area contributed by atoms with E-state index in [4.69, 9.17) is 10.2 Å². The number of halogens is 1. The largest absolute Gasteiger partial charge is 0.395 e. The summed E-state index contributed by atoms with van der Waals surface area (Å²) in [5.41, 5.74) is 0.345. The summed E-state index contributed by atoms with van der Waals surface area (Å²) in [6.07, 6.45) is 1.39. The van der Waals surface area contributed by atoms with Gasteiger partial charge in [0.2, 0.25) is 0 Å². The second-order valence-corrected chi connectivity index (χ2v) is 5.28. The van der Waals surface area contributed by atoms with Gasteiger partial charge in [0.15, 0.2) is 0 Å². The Labute approximate surface area is 125 Å². The van der Waals surface area contributed by atoms with E-state index < -0.39 is 5.82 Å². The molecule has 21 heavy (non-hydrogen) atoms.